The molecule has 0 N–H and O–H groups in total. The minimum absolute atomic E-state index is 0.190. The number of benzene rings is 2. The number of nitrogens with zero attached hydrogens (tertiary/aromatic N) is 3. The van der Waals surface area contributed by atoms with E-state index in [-0.39, 0.29) is 12.3 Å². The molecule has 0 saturated carbocycles. The molecule has 0 radical (unpaired) electrons. The van der Waals surface area contributed by atoms with Crippen LogP contribution in [-0.4, -0.2) is 15.0 Å². The maximum absolute atomic E-state index is 12.3. The van der Waals surface area contributed by atoms with E-state index in [2.05, 4.69) is 4.99 Å². The Hall–Kier alpha value is -3.19. The number of aryl methyl sites for hydroxylation is 1. The molecule has 1 amide bonds. The molecule has 0 aliphatic heterocycles. The van der Waals surface area contributed by atoms with Crippen LogP contribution in [0.4, 0.5) is 0 Å². The van der Waals surface area contributed by atoms with E-state index in [1.165, 1.54) is 11.3 Å². The summed E-state index contributed by atoms with van der Waals surface area (Å²) in [5.41, 5.74) is 2.46. The van der Waals surface area contributed by atoms with Gasteiger partial charge in [0.1, 0.15) is 0 Å². The van der Waals surface area contributed by atoms with E-state index in [9.17, 15) is 9.59 Å². The van der Waals surface area contributed by atoms with Gasteiger partial charge in [0, 0.05) is 31.1 Å². The molecule has 0 atom stereocenters. The summed E-state index contributed by atoms with van der Waals surface area (Å²) in [4.78, 5) is 29.2. The van der Waals surface area contributed by atoms with Gasteiger partial charge in [0.15, 0.2) is 10.4 Å². The van der Waals surface area contributed by atoms with Gasteiger partial charge in [-0.1, -0.05) is 42.5 Å². The number of hydrogen-bond acceptors (Lipinski definition) is 4. The van der Waals surface area contributed by atoms with Gasteiger partial charge in [-0.25, -0.2) is 4.79 Å². The maximum atomic E-state index is 12.3. The van der Waals surface area contributed by atoms with Crippen molar-refractivity contribution in [3.63, 3.8) is 0 Å². The molecule has 2 aromatic heterocycles. The first-order valence-corrected chi connectivity index (χ1v) is 9.92. The van der Waals surface area contributed by atoms with E-state index in [0.717, 1.165) is 11.1 Å². The molecule has 142 valence electrons. The first-order valence-electron chi connectivity index (χ1n) is 9.04. The highest BCUT2D eigenvalue weighted by Gasteiger charge is 2.09. The van der Waals surface area contributed by atoms with E-state index >= 15 is 0 Å². The number of rotatable bonds is 6. The van der Waals surface area contributed by atoms with Crippen molar-refractivity contribution in [1.29, 1.82) is 0 Å². The number of carbonyl (C=O) groups excluding carboxylic acids is 1. The van der Waals surface area contributed by atoms with Crippen LogP contribution in [0.1, 0.15) is 18.4 Å². The topological polar surface area (TPSA) is 69.5 Å². The molecule has 0 bridgehead atoms. The Morgan fingerprint density at radius 2 is 1.86 bits per heavy atom. The normalized spacial score (nSPS) is 11.9. The third kappa shape index (κ3) is 4.04. The lowest BCUT2D eigenvalue weighted by Crippen LogP contribution is -2.18. The van der Waals surface area contributed by atoms with Gasteiger partial charge < -0.3 is 8.98 Å². The van der Waals surface area contributed by atoms with Crippen LogP contribution in [0.25, 0.3) is 11.1 Å². The van der Waals surface area contributed by atoms with Crippen LogP contribution in [0.5, 0.6) is 0 Å². The summed E-state index contributed by atoms with van der Waals surface area (Å²) in [6.07, 6.45) is 2.73. The van der Waals surface area contributed by atoms with Gasteiger partial charge in [-0.2, -0.15) is 4.99 Å². The smallest absolute Gasteiger partial charge is 0.408 e. The predicted octanol–water partition coefficient (Wildman–Crippen LogP) is 3.41. The Bertz CT molecular complexity index is 1210. The van der Waals surface area contributed by atoms with Crippen molar-refractivity contribution in [1.82, 2.24) is 9.13 Å². The third-order valence-corrected chi connectivity index (χ3v) is 5.22. The van der Waals surface area contributed by atoms with Gasteiger partial charge in [-0.3, -0.25) is 9.36 Å². The lowest BCUT2D eigenvalue weighted by molar-refractivity contribution is -0.118. The summed E-state index contributed by atoms with van der Waals surface area (Å²) < 4.78 is 8.73. The second kappa shape index (κ2) is 8.22. The highest BCUT2D eigenvalue weighted by molar-refractivity contribution is 7.07. The average molecular weight is 393 g/mol. The highest BCUT2D eigenvalue weighted by Crippen LogP contribution is 2.12. The number of hydrogen-bond donors (Lipinski definition) is 0. The van der Waals surface area contributed by atoms with E-state index < -0.39 is 5.76 Å². The van der Waals surface area contributed by atoms with Crippen molar-refractivity contribution in [2.24, 2.45) is 4.99 Å². The predicted molar refractivity (Wildman–Crippen MR) is 108 cm³/mol. The Kier molecular flexibility index (Phi) is 5.34. The third-order valence-electron chi connectivity index (χ3n) is 4.42. The fourth-order valence-electron chi connectivity index (χ4n) is 3.06. The van der Waals surface area contributed by atoms with E-state index in [1.54, 1.807) is 10.6 Å². The standard InChI is InChI=1S/C21H19N3O3S/c25-19(11-6-12-24-17-9-4-5-10-18(17)27-21(24)26)22-20-23(13-14-28-20)15-16-7-2-1-3-8-16/h1-5,7-10,13-14H,6,11-12,15H2. The SMILES string of the molecule is O=C(CCCn1c(=O)oc2ccccc21)N=c1sccn1Cc1ccccc1. The van der Waals surface area contributed by atoms with Crippen molar-refractivity contribution in [3.8, 4) is 0 Å². The van der Waals surface area contributed by atoms with Gasteiger partial charge in [0.25, 0.3) is 0 Å². The van der Waals surface area contributed by atoms with E-state index in [1.807, 2.05) is 64.7 Å². The molecule has 0 fully saturated rings. The maximum Gasteiger partial charge on any atom is 0.419 e. The first-order chi connectivity index (χ1) is 13.7. The summed E-state index contributed by atoms with van der Waals surface area (Å²) in [5, 5.41) is 1.92. The molecular formula is C21H19N3O3S. The summed E-state index contributed by atoms with van der Waals surface area (Å²) in [7, 11) is 0. The van der Waals surface area contributed by atoms with Gasteiger partial charge >= 0.3 is 5.76 Å². The zero-order valence-electron chi connectivity index (χ0n) is 15.2. The lowest BCUT2D eigenvalue weighted by atomic mass is 10.2. The largest absolute Gasteiger partial charge is 0.419 e. The Balaban J connectivity index is 1.42. The van der Waals surface area contributed by atoms with Crippen LogP contribution in [0, 0.1) is 0 Å². The van der Waals surface area contributed by atoms with E-state index in [4.69, 9.17) is 4.42 Å². The summed E-state index contributed by atoms with van der Waals surface area (Å²) in [5.74, 6) is -0.588. The zero-order chi connectivity index (χ0) is 19.3. The molecule has 2 aromatic carbocycles. The first kappa shape index (κ1) is 18.2. The summed E-state index contributed by atoms with van der Waals surface area (Å²) >= 11 is 1.44. The van der Waals surface area contributed by atoms with Crippen LogP contribution in [-0.2, 0) is 17.9 Å². The number of fused-ring (bicyclic) bond motifs is 1. The van der Waals surface area contributed by atoms with Gasteiger partial charge in [-0.15, -0.1) is 11.3 Å². The van der Waals surface area contributed by atoms with E-state index in [0.29, 0.717) is 29.9 Å². The quantitative estimate of drug-likeness (QED) is 0.504. The molecule has 0 unspecified atom stereocenters. The van der Waals surface area contributed by atoms with Crippen molar-refractivity contribution < 1.29 is 9.21 Å². The Morgan fingerprint density at radius 1 is 1.07 bits per heavy atom. The number of aromatic nitrogens is 2. The molecule has 6 nitrogen and oxygen atoms in total. The monoisotopic (exact) mass is 393 g/mol. The minimum Gasteiger partial charge on any atom is -0.408 e. The van der Waals surface area contributed by atoms with Crippen LogP contribution in [0.2, 0.25) is 0 Å². The molecule has 0 saturated heterocycles. The Morgan fingerprint density at radius 3 is 2.71 bits per heavy atom. The van der Waals surface area contributed by atoms with Crippen molar-refractivity contribution in [2.45, 2.75) is 25.9 Å². The number of thiazole rings is 1. The van der Waals surface area contributed by atoms with Crippen LogP contribution < -0.4 is 10.6 Å². The molecule has 4 rings (SSSR count). The fourth-order valence-corrected chi connectivity index (χ4v) is 3.81. The second-order valence-electron chi connectivity index (χ2n) is 6.40. The van der Waals surface area contributed by atoms with Crippen LogP contribution in [0.3, 0.4) is 0 Å². The number of amides is 1. The molecule has 28 heavy (non-hydrogen) atoms. The van der Waals surface area contributed by atoms with Gasteiger partial charge in [0.05, 0.1) is 5.52 Å². The molecule has 0 spiro atoms. The van der Waals surface area contributed by atoms with Crippen molar-refractivity contribution >= 4 is 28.3 Å². The average Bonchev–Trinajstić information content (AvgIpc) is 3.26. The second-order valence-corrected chi connectivity index (χ2v) is 7.27. The van der Waals surface area contributed by atoms with Crippen LogP contribution >= 0.6 is 11.3 Å². The fraction of sp³-hybridized carbons (Fsp3) is 0.190. The number of oxazole rings is 1. The van der Waals surface area contributed by atoms with Crippen LogP contribution in [0.15, 0.2) is 80.4 Å². The zero-order valence-corrected chi connectivity index (χ0v) is 16.0. The van der Waals surface area contributed by atoms with Gasteiger partial charge in [0.2, 0.25) is 5.91 Å². The summed E-state index contributed by atoms with van der Waals surface area (Å²) in [6.45, 7) is 1.10. The summed E-state index contributed by atoms with van der Waals surface area (Å²) in [6, 6.07) is 17.3. The Labute approximate surface area is 165 Å². The highest BCUT2D eigenvalue weighted by atomic mass is 32.1. The molecular weight excluding hydrogens is 374 g/mol. The van der Waals surface area contributed by atoms with Crippen molar-refractivity contribution in [2.75, 3.05) is 0 Å². The number of carbonyl (C=O) groups is 1. The molecule has 4 aromatic rings. The van der Waals surface area contributed by atoms with Gasteiger partial charge in [-0.05, 0) is 24.1 Å². The lowest BCUT2D eigenvalue weighted by Gasteiger charge is -2.03. The van der Waals surface area contributed by atoms with Crippen molar-refractivity contribution in [3.05, 3.63) is 87.1 Å². The molecule has 2 heterocycles. The number of para-hydroxylation sites is 2. The minimum atomic E-state index is -0.399. The molecule has 0 aliphatic rings. The molecule has 7 heteroatoms. The molecule has 0 aliphatic carbocycles.